The summed E-state index contributed by atoms with van der Waals surface area (Å²) in [5, 5.41) is 12.1. The van der Waals surface area contributed by atoms with Crippen molar-refractivity contribution < 1.29 is 27.9 Å². The average Bonchev–Trinajstić information content (AvgIpc) is 3.22. The van der Waals surface area contributed by atoms with E-state index in [1.54, 1.807) is 18.2 Å². The summed E-state index contributed by atoms with van der Waals surface area (Å²) in [6.45, 7) is 7.54. The highest BCUT2D eigenvalue weighted by Crippen LogP contribution is 2.40. The predicted octanol–water partition coefficient (Wildman–Crippen LogP) is 2.78. The molecule has 10 nitrogen and oxygen atoms in total. The molecule has 1 unspecified atom stereocenters. The van der Waals surface area contributed by atoms with Crippen molar-refractivity contribution >= 4 is 21.9 Å². The summed E-state index contributed by atoms with van der Waals surface area (Å²) in [5.74, 6) is -0.183. The molecule has 210 valence electrons. The van der Waals surface area contributed by atoms with Gasteiger partial charge in [-0.1, -0.05) is 13.8 Å². The number of aliphatic carboxylic acids is 1. The van der Waals surface area contributed by atoms with Crippen LogP contribution in [0.4, 0.5) is 0 Å². The van der Waals surface area contributed by atoms with Gasteiger partial charge in [-0.2, -0.15) is 4.31 Å². The Morgan fingerprint density at radius 1 is 1.18 bits per heavy atom. The van der Waals surface area contributed by atoms with Crippen LogP contribution in [-0.4, -0.2) is 86.0 Å². The zero-order valence-electron chi connectivity index (χ0n) is 22.6. The summed E-state index contributed by atoms with van der Waals surface area (Å²) in [6.07, 6.45) is 3.76. The van der Waals surface area contributed by atoms with Crippen molar-refractivity contribution in [2.24, 2.45) is 5.92 Å². The van der Waals surface area contributed by atoms with Crippen LogP contribution < -0.4 is 10.1 Å². The number of hydrogen-bond donors (Lipinski definition) is 2. The highest BCUT2D eigenvalue weighted by atomic mass is 32.2. The number of nitrogens with one attached hydrogen (secondary N) is 1. The Bertz CT molecular complexity index is 1180. The quantitative estimate of drug-likeness (QED) is 0.433. The normalized spacial score (nSPS) is 21.5. The van der Waals surface area contributed by atoms with Crippen molar-refractivity contribution in [3.05, 3.63) is 35.0 Å². The molecule has 0 aromatic heterocycles. The Morgan fingerprint density at radius 2 is 1.92 bits per heavy atom. The van der Waals surface area contributed by atoms with Gasteiger partial charge in [-0.3, -0.25) is 14.5 Å². The first-order valence-corrected chi connectivity index (χ1v) is 15.1. The highest BCUT2D eigenvalue weighted by Gasteiger charge is 2.40. The number of carbonyl (C=O) groups is 2. The van der Waals surface area contributed by atoms with Gasteiger partial charge in [-0.25, -0.2) is 8.42 Å². The van der Waals surface area contributed by atoms with E-state index in [2.05, 4.69) is 17.1 Å². The third-order valence-corrected chi connectivity index (χ3v) is 9.50. The van der Waals surface area contributed by atoms with E-state index in [9.17, 15) is 18.0 Å². The number of likely N-dealkylation sites (N-methyl/N-ethyl adjacent to an activating group) is 1. The smallest absolute Gasteiger partial charge is 0.303 e. The summed E-state index contributed by atoms with van der Waals surface area (Å²) in [5.41, 5.74) is 2.24. The number of amides is 1. The third-order valence-electron chi connectivity index (χ3n) is 7.60. The lowest BCUT2D eigenvalue weighted by atomic mass is 9.93. The molecule has 1 aromatic carbocycles. The molecule has 0 radical (unpaired) electrons. The highest BCUT2D eigenvalue weighted by molar-refractivity contribution is 7.89. The fraction of sp³-hybridized carbons (Fsp3) is 0.630. The number of carboxylic acids is 1. The fourth-order valence-corrected chi connectivity index (χ4v) is 7.22. The lowest BCUT2D eigenvalue weighted by molar-refractivity contribution is -0.137. The molecule has 3 aliphatic rings. The molecule has 2 N–H and O–H groups in total. The molecule has 0 bridgehead atoms. The predicted molar refractivity (Wildman–Crippen MR) is 143 cm³/mol. The van der Waals surface area contributed by atoms with Gasteiger partial charge in [0.05, 0.1) is 24.2 Å². The third kappa shape index (κ3) is 6.00. The van der Waals surface area contributed by atoms with E-state index in [1.165, 1.54) is 4.31 Å². The molecule has 1 atom stereocenters. The maximum absolute atomic E-state index is 13.7. The molecule has 38 heavy (non-hydrogen) atoms. The standard InChI is InChI=1S/C27H40N4O6S/c1-4-12-30-17-22-25(28-27(34)26(22)29(3)18-30)21-16-20(7-8-23(21)37-15-5-2)38(35,36)31-13-10-19(11-14-31)6-9-24(32)33/h7-8,16,19,25H,4-6,9-15,17-18H2,1-3H3,(H,28,34)(H,32,33). The van der Waals surface area contributed by atoms with Crippen LogP contribution in [-0.2, 0) is 19.6 Å². The minimum atomic E-state index is -3.77. The summed E-state index contributed by atoms with van der Waals surface area (Å²) < 4.78 is 34.9. The van der Waals surface area contributed by atoms with E-state index < -0.39 is 22.0 Å². The topological polar surface area (TPSA) is 119 Å². The van der Waals surface area contributed by atoms with Crippen molar-refractivity contribution in [3.63, 3.8) is 0 Å². The van der Waals surface area contributed by atoms with Gasteiger partial charge < -0.3 is 20.1 Å². The Kier molecular flexibility index (Phi) is 9.00. The number of benzene rings is 1. The molecule has 1 amide bonds. The number of hydrogen-bond acceptors (Lipinski definition) is 7. The minimum Gasteiger partial charge on any atom is -0.493 e. The van der Waals surface area contributed by atoms with Gasteiger partial charge in [-0.05, 0) is 68.3 Å². The average molecular weight is 549 g/mol. The number of carbonyl (C=O) groups excluding carboxylic acids is 1. The number of nitrogens with zero attached hydrogens (tertiary/aromatic N) is 3. The van der Waals surface area contributed by atoms with Crippen molar-refractivity contribution in [1.82, 2.24) is 19.4 Å². The first-order valence-electron chi connectivity index (χ1n) is 13.6. The van der Waals surface area contributed by atoms with Gasteiger partial charge in [-0.15, -0.1) is 0 Å². The van der Waals surface area contributed by atoms with Gasteiger partial charge in [0.25, 0.3) is 5.91 Å². The molecule has 1 saturated heterocycles. The number of sulfonamides is 1. The van der Waals surface area contributed by atoms with E-state index in [-0.39, 0.29) is 23.1 Å². The van der Waals surface area contributed by atoms with E-state index >= 15 is 0 Å². The SMILES string of the molecule is CCCOc1ccc(S(=O)(=O)N2CCC(CCC(=O)O)CC2)cc1C1NC(=O)C2=C1CN(CCC)CN2C. The summed E-state index contributed by atoms with van der Waals surface area (Å²) in [6, 6.07) is 4.49. The molecular weight excluding hydrogens is 508 g/mol. The summed E-state index contributed by atoms with van der Waals surface area (Å²) in [7, 11) is -1.86. The van der Waals surface area contributed by atoms with Gasteiger partial charge in [0.1, 0.15) is 11.4 Å². The van der Waals surface area contributed by atoms with Crippen LogP contribution in [0.5, 0.6) is 5.75 Å². The van der Waals surface area contributed by atoms with Crippen molar-refractivity contribution in [3.8, 4) is 5.75 Å². The molecule has 3 heterocycles. The fourth-order valence-electron chi connectivity index (χ4n) is 5.72. The first kappa shape index (κ1) is 28.4. The van der Waals surface area contributed by atoms with Crippen LogP contribution in [0.2, 0.25) is 0 Å². The monoisotopic (exact) mass is 548 g/mol. The molecular formula is C27H40N4O6S. The van der Waals surface area contributed by atoms with E-state index in [0.717, 1.165) is 25.0 Å². The van der Waals surface area contributed by atoms with Crippen LogP contribution in [0.1, 0.15) is 64.0 Å². The summed E-state index contributed by atoms with van der Waals surface area (Å²) >= 11 is 0. The van der Waals surface area contributed by atoms with Crippen molar-refractivity contribution in [2.75, 3.05) is 46.5 Å². The lowest BCUT2D eigenvalue weighted by Crippen LogP contribution is -2.43. The molecule has 0 saturated carbocycles. The zero-order valence-corrected chi connectivity index (χ0v) is 23.4. The maximum Gasteiger partial charge on any atom is 0.303 e. The van der Waals surface area contributed by atoms with Gasteiger partial charge in [0.2, 0.25) is 10.0 Å². The molecule has 1 aromatic rings. The second kappa shape index (κ2) is 12.0. The number of ether oxygens (including phenoxy) is 1. The minimum absolute atomic E-state index is 0.107. The van der Waals surface area contributed by atoms with Crippen LogP contribution >= 0.6 is 0 Å². The Balaban J connectivity index is 1.63. The van der Waals surface area contributed by atoms with Crippen LogP contribution in [0.3, 0.4) is 0 Å². The molecule has 0 spiro atoms. The molecule has 0 aliphatic carbocycles. The molecule has 11 heteroatoms. The van der Waals surface area contributed by atoms with Gasteiger partial charge in [0, 0.05) is 38.7 Å². The van der Waals surface area contributed by atoms with E-state index in [4.69, 9.17) is 9.84 Å². The van der Waals surface area contributed by atoms with Crippen LogP contribution in [0, 0.1) is 5.92 Å². The van der Waals surface area contributed by atoms with Crippen LogP contribution in [0.25, 0.3) is 0 Å². The lowest BCUT2D eigenvalue weighted by Gasteiger charge is -2.35. The maximum atomic E-state index is 13.7. The molecule has 4 rings (SSSR count). The van der Waals surface area contributed by atoms with Crippen molar-refractivity contribution in [1.29, 1.82) is 0 Å². The molecule has 1 fully saturated rings. The van der Waals surface area contributed by atoms with Crippen LogP contribution in [0.15, 0.2) is 34.4 Å². The van der Waals surface area contributed by atoms with Gasteiger partial charge in [0.15, 0.2) is 0 Å². The van der Waals surface area contributed by atoms with E-state index in [1.807, 2.05) is 18.9 Å². The second-order valence-electron chi connectivity index (χ2n) is 10.5. The summed E-state index contributed by atoms with van der Waals surface area (Å²) in [4.78, 5) is 28.4. The molecule has 3 aliphatic heterocycles. The first-order chi connectivity index (χ1) is 18.1. The van der Waals surface area contributed by atoms with E-state index in [0.29, 0.717) is 69.2 Å². The second-order valence-corrected chi connectivity index (χ2v) is 12.4. The Morgan fingerprint density at radius 3 is 2.58 bits per heavy atom. The van der Waals surface area contributed by atoms with Crippen molar-refractivity contribution in [2.45, 2.75) is 63.3 Å². The largest absolute Gasteiger partial charge is 0.493 e. The Labute approximate surface area is 225 Å². The number of rotatable bonds is 11. The number of piperidine rings is 1. The Hall–Kier alpha value is -2.63. The number of carboxylic acid groups (broad SMARTS) is 1. The van der Waals surface area contributed by atoms with Gasteiger partial charge >= 0.3 is 5.97 Å². The zero-order chi connectivity index (χ0) is 27.4.